The summed E-state index contributed by atoms with van der Waals surface area (Å²) in [5.74, 6) is -7.47. The van der Waals surface area contributed by atoms with Gasteiger partial charge in [-0.1, -0.05) is 96.2 Å². The molecule has 730 valence electrons. The number of hydrogen-bond donors (Lipinski definition) is 5. The van der Waals surface area contributed by atoms with Gasteiger partial charge in [-0.15, -0.1) is 0 Å². The zero-order valence-electron chi connectivity index (χ0n) is 79.8. The number of carbonyl (C=O) groups is 6. The highest BCUT2D eigenvalue weighted by Gasteiger charge is 2.54. The molecule has 5 fully saturated rings. The molecule has 3 aromatic heterocycles. The van der Waals surface area contributed by atoms with Crippen LogP contribution in [0.4, 0.5) is 11.8 Å². The summed E-state index contributed by atoms with van der Waals surface area (Å²) >= 11 is 0. The molecule has 33 nitrogen and oxygen atoms in total. The minimum absolute atomic E-state index is 0.0130. The minimum Gasteiger partial charge on any atom is -0.460 e. The van der Waals surface area contributed by atoms with Gasteiger partial charge in [0.05, 0.1) is 109 Å². The Balaban J connectivity index is 0.000000294. The second kappa shape index (κ2) is 51.5. The van der Waals surface area contributed by atoms with Crippen LogP contribution in [0.5, 0.6) is 0 Å². The monoisotopic (exact) mass is 1840 g/mol. The number of nitrogens with zero attached hydrogens (tertiary/aromatic N) is 9. The summed E-state index contributed by atoms with van der Waals surface area (Å²) in [6.45, 7) is 26.2. The van der Waals surface area contributed by atoms with Crippen molar-refractivity contribution >= 4 is 69.3 Å². The van der Waals surface area contributed by atoms with E-state index in [1.165, 1.54) is 30.3 Å². The molecule has 12 rings (SSSR count). The first-order valence-corrected chi connectivity index (χ1v) is 47.8. The summed E-state index contributed by atoms with van der Waals surface area (Å²) in [6.07, 6.45) is 16.0. The molecule has 1 aliphatic carbocycles. The number of aromatic nitrogens is 5. The van der Waals surface area contributed by atoms with Crippen molar-refractivity contribution in [3.8, 4) is 11.3 Å². The van der Waals surface area contributed by atoms with Gasteiger partial charge in [-0.3, -0.25) is 28.9 Å². The second-order valence-electron chi connectivity index (χ2n) is 37.1. The van der Waals surface area contributed by atoms with E-state index in [-0.39, 0.29) is 73.3 Å². The van der Waals surface area contributed by atoms with E-state index in [0.29, 0.717) is 221 Å². The number of aliphatic hydroxyl groups excluding tert-OH is 2. The Morgan fingerprint density at radius 1 is 0.720 bits per heavy atom. The minimum atomic E-state index is -2.45. The predicted octanol–water partition coefficient (Wildman–Crippen LogP) is 10.3. The molecule has 132 heavy (non-hydrogen) atoms. The molecule has 0 unspecified atom stereocenters. The Labute approximate surface area is 777 Å². The second-order valence-corrected chi connectivity index (χ2v) is 37.1. The number of ether oxygens (including phenoxy) is 12. The summed E-state index contributed by atoms with van der Waals surface area (Å²) < 4.78 is 76.9. The molecule has 4 bridgehead atoms. The number of benzene rings is 2. The van der Waals surface area contributed by atoms with Crippen molar-refractivity contribution in [2.75, 3.05) is 152 Å². The molecular formula is C99H147N11O22. The number of piperidine rings is 1. The van der Waals surface area contributed by atoms with E-state index in [1.807, 2.05) is 85.9 Å². The van der Waals surface area contributed by atoms with Gasteiger partial charge in [0.25, 0.3) is 17.7 Å². The fourth-order valence-electron chi connectivity index (χ4n) is 19.4. The summed E-state index contributed by atoms with van der Waals surface area (Å²) in [4.78, 5) is 104. The molecule has 0 spiro atoms. The van der Waals surface area contributed by atoms with Crippen LogP contribution in [0.15, 0.2) is 94.7 Å². The Morgan fingerprint density at radius 3 is 2.17 bits per heavy atom. The number of rotatable bonds is 34. The lowest BCUT2D eigenvalue weighted by Gasteiger charge is -2.43. The fourth-order valence-corrected chi connectivity index (χ4v) is 19.4. The SMILES string of the molecule is CCCOCCOCCOCCOCCC(=O)N1CCc2cc(Cn3nc(-c4ccc5oc(N)nc5c4)c4c(N)ncnc43)ccc2C1.CO[C@H]1C[C@@H]2CC[C@@H](C)[C@@](O)(O2)C(=O)C(=O)N2CCCC[C@H]2C(=O)O[C@H]([C@H](C)C[C@@H]2CC[C@@H](OC(=O)CCCOCCOCCN3C[C@@H]4C[C@H]3CN4C)[C@H](OC)C2)C[C@@H](O)[C@H](C)/C=C(\C)[C@@H](O)[C@@H](OC)C(=O)[C@H](C)C[C@H](C)/C=C/C=C/C=C/1C. The first-order valence-electron chi connectivity index (χ1n) is 47.8. The Morgan fingerprint density at radius 2 is 1.45 bits per heavy atom. The lowest BCUT2D eigenvalue weighted by atomic mass is 9.78. The van der Waals surface area contributed by atoms with E-state index in [0.717, 1.165) is 61.3 Å². The van der Waals surface area contributed by atoms with Crippen molar-refractivity contribution in [1.82, 2.24) is 44.3 Å². The number of piperazine rings is 1. The number of ketones is 2. The highest BCUT2D eigenvalue weighted by Crippen LogP contribution is 2.41. The van der Waals surface area contributed by atoms with Gasteiger partial charge in [0.15, 0.2) is 17.0 Å². The van der Waals surface area contributed by atoms with Crippen LogP contribution in [-0.4, -0.2) is 308 Å². The lowest BCUT2D eigenvalue weighted by molar-refractivity contribution is -0.265. The summed E-state index contributed by atoms with van der Waals surface area (Å²) in [5.41, 5.74) is 20.1. The maximum absolute atomic E-state index is 14.7. The number of nitrogen functional groups attached to an aromatic ring is 2. The van der Waals surface area contributed by atoms with Crippen LogP contribution < -0.4 is 11.5 Å². The van der Waals surface area contributed by atoms with E-state index >= 15 is 0 Å². The first kappa shape index (κ1) is 104. The summed E-state index contributed by atoms with van der Waals surface area (Å²) in [5, 5.41) is 41.3. The van der Waals surface area contributed by atoms with Crippen LogP contribution in [0.3, 0.4) is 0 Å². The van der Waals surface area contributed by atoms with Gasteiger partial charge < -0.3 is 103 Å². The molecule has 7 aliphatic rings. The zero-order chi connectivity index (χ0) is 94.5. The molecule has 2 amide bonds. The number of anilines is 2. The lowest BCUT2D eigenvalue weighted by Crippen LogP contribution is -2.61. The number of likely N-dealkylation sites (tertiary alicyclic amines) is 2. The number of hydrogen-bond acceptors (Lipinski definition) is 30. The number of oxazole rings is 1. The Bertz CT molecular complexity index is 4670. The number of carbonyl (C=O) groups excluding carboxylic acids is 6. The number of cyclic esters (lactones) is 1. The smallest absolute Gasteiger partial charge is 0.329 e. The molecule has 5 aromatic rings. The zero-order valence-corrected chi connectivity index (χ0v) is 79.8. The molecule has 9 heterocycles. The fraction of sp³-hybridized carbons (Fsp3) is 0.677. The number of aliphatic hydroxyl groups is 3. The number of esters is 2. The number of Topliss-reactive ketones (excluding diaryl/α,β-unsaturated/α-hetero) is 2. The third-order valence-corrected chi connectivity index (χ3v) is 27.2. The molecule has 33 heteroatoms. The third-order valence-electron chi connectivity index (χ3n) is 27.2. The van der Waals surface area contributed by atoms with Gasteiger partial charge in [0.1, 0.15) is 53.8 Å². The highest BCUT2D eigenvalue weighted by molar-refractivity contribution is 6.39. The van der Waals surface area contributed by atoms with Gasteiger partial charge in [0, 0.05) is 128 Å². The van der Waals surface area contributed by atoms with Crippen molar-refractivity contribution < 1.29 is 105 Å². The molecule has 18 atom stereocenters. The average molecular weight is 1840 g/mol. The van der Waals surface area contributed by atoms with Crippen LogP contribution in [0.1, 0.15) is 181 Å². The Kier molecular flexibility index (Phi) is 40.7. The van der Waals surface area contributed by atoms with Crippen LogP contribution in [0, 0.1) is 35.5 Å². The predicted molar refractivity (Wildman–Crippen MR) is 497 cm³/mol. The number of likely N-dealkylation sites (N-methyl/N-ethyl adjacent to an activating group) is 1. The van der Waals surface area contributed by atoms with Gasteiger partial charge in [-0.2, -0.15) is 10.1 Å². The standard InChI is InChI=1S/C65H105N3O16.C34H42N8O6/c1-41-18-13-12-14-19-42(2)55(77-9)37-51-24-22-47(7)65(76,84-51)62(73)63(74)68-26-16-15-20-52(68)64(75)83-56(38-53(69)43(3)33-46(6)60(72)61(79-11)59(71)45(5)32-41)44(4)34-48-23-25-54(57(35-48)78-10)82-58(70)21-17-28-80-30-31-81-29-27-67-40-49-36-50(67)39-66(49)8;1-2-10-44-12-14-46-16-17-47-15-13-45-11-8-29(43)41-9-7-24-18-23(3-4-26(24)21-41)20-42-33-30(32(35)37-22-38-33)31(40-42)25-5-6-28-27(19-25)39-34(36)48-28/h12-14,18-19,33,41,43-45,47-57,60-61,69,72,76H,15-17,20-32,34-40H2,1-11H3;3-6,18-19,22H,2,7-17,20-21H2,1H3,(H2,36,39)(H2,35,37,38)/b14-12+,18-13+,42-19+,46-33+;/t41-,43-,44-,45-,47-,48+,49+,50+,51+,52+,53-,54-,55+,56+,57-,60-,61+,65-;/m1./s1. The molecule has 4 saturated heterocycles. The largest absolute Gasteiger partial charge is 0.460 e. The topological polar surface area (TPSA) is 409 Å². The van der Waals surface area contributed by atoms with Gasteiger partial charge >= 0.3 is 11.9 Å². The van der Waals surface area contributed by atoms with Gasteiger partial charge in [0.2, 0.25) is 11.7 Å². The van der Waals surface area contributed by atoms with E-state index in [9.17, 15) is 44.1 Å². The van der Waals surface area contributed by atoms with Crippen molar-refractivity contribution in [2.24, 2.45) is 35.5 Å². The van der Waals surface area contributed by atoms with Crippen molar-refractivity contribution in [1.29, 1.82) is 0 Å². The summed E-state index contributed by atoms with van der Waals surface area (Å²) in [6, 6.07) is 12.2. The number of fused-ring (bicyclic) bond motifs is 8. The number of methoxy groups -OCH3 is 3. The van der Waals surface area contributed by atoms with Crippen LogP contribution in [0.2, 0.25) is 0 Å². The number of nitrogens with two attached hydrogens (primary N) is 2. The number of allylic oxidation sites excluding steroid dienone is 5. The van der Waals surface area contributed by atoms with Crippen LogP contribution in [-0.2, 0) is 105 Å². The van der Waals surface area contributed by atoms with E-state index < -0.39 is 90.0 Å². The molecule has 0 radical (unpaired) electrons. The molecule has 7 N–H and O–H groups in total. The highest BCUT2D eigenvalue weighted by atomic mass is 16.6. The maximum atomic E-state index is 14.7. The van der Waals surface area contributed by atoms with Crippen molar-refractivity contribution in [3.05, 3.63) is 107 Å². The van der Waals surface area contributed by atoms with Crippen molar-refractivity contribution in [2.45, 2.75) is 257 Å². The molecule has 6 aliphatic heterocycles. The van der Waals surface area contributed by atoms with Gasteiger partial charge in [-0.25, -0.2) is 19.4 Å². The number of amides is 2. The quantitative estimate of drug-likeness (QED) is 0.0111. The van der Waals surface area contributed by atoms with Gasteiger partial charge in [-0.05, 0) is 175 Å². The third kappa shape index (κ3) is 28.9. The Hall–Kier alpha value is -8.36. The average Bonchev–Trinajstić information content (AvgIpc) is 1.51. The van der Waals surface area contributed by atoms with Crippen LogP contribution in [0.25, 0.3) is 33.4 Å². The normalized spacial score (nSPS) is 29.2. The molecule has 2 aromatic carbocycles. The summed E-state index contributed by atoms with van der Waals surface area (Å²) in [7, 11) is 6.78. The van der Waals surface area contributed by atoms with E-state index in [2.05, 4.69) is 56.9 Å². The molecular weight excluding hydrogens is 1700 g/mol. The van der Waals surface area contributed by atoms with E-state index in [4.69, 9.17) is 77.8 Å². The van der Waals surface area contributed by atoms with Crippen LogP contribution >= 0.6 is 0 Å². The maximum Gasteiger partial charge on any atom is 0.329 e. The first-order chi connectivity index (χ1) is 63.6. The molecule has 1 saturated carbocycles. The van der Waals surface area contributed by atoms with E-state index in [1.54, 1.807) is 41.1 Å². The van der Waals surface area contributed by atoms with Crippen molar-refractivity contribution in [3.63, 3.8) is 0 Å².